The SMILES string of the molecule is COc1ccc([C@@H]2[C@@H](C(=O)c3ccccc3)[C@@H]2c2ccccc2)cc1. The maximum Gasteiger partial charge on any atom is 0.167 e. The second-order valence-corrected chi connectivity index (χ2v) is 6.49. The van der Waals surface area contributed by atoms with Crippen molar-refractivity contribution in [2.24, 2.45) is 5.92 Å². The van der Waals surface area contributed by atoms with E-state index in [1.807, 2.05) is 60.7 Å². The van der Waals surface area contributed by atoms with Crippen molar-refractivity contribution in [3.05, 3.63) is 102 Å². The zero-order chi connectivity index (χ0) is 17.2. The van der Waals surface area contributed by atoms with Gasteiger partial charge >= 0.3 is 0 Å². The number of benzene rings is 3. The van der Waals surface area contributed by atoms with E-state index in [2.05, 4.69) is 24.3 Å². The van der Waals surface area contributed by atoms with Crippen LogP contribution in [-0.2, 0) is 0 Å². The van der Waals surface area contributed by atoms with E-state index in [0.29, 0.717) is 0 Å². The Morgan fingerprint density at radius 3 is 1.80 bits per heavy atom. The summed E-state index contributed by atoms with van der Waals surface area (Å²) in [5.74, 6) is 1.53. The van der Waals surface area contributed by atoms with Gasteiger partial charge in [-0.3, -0.25) is 4.79 Å². The lowest BCUT2D eigenvalue weighted by Gasteiger charge is -2.03. The Bertz CT molecular complexity index is 854. The zero-order valence-electron chi connectivity index (χ0n) is 14.1. The van der Waals surface area contributed by atoms with Crippen molar-refractivity contribution in [3.63, 3.8) is 0 Å². The standard InChI is InChI=1S/C23H20O2/c1-25-19-14-12-17(13-15-19)21-20(16-8-4-2-5-9-16)22(21)23(24)18-10-6-3-7-11-18/h2-15,20-22H,1H3/t20-,21+,22+/m1/s1. The van der Waals surface area contributed by atoms with E-state index in [-0.39, 0.29) is 23.5 Å². The van der Waals surface area contributed by atoms with Crippen LogP contribution in [0.15, 0.2) is 84.9 Å². The molecule has 2 heteroatoms. The minimum atomic E-state index is -0.00167. The van der Waals surface area contributed by atoms with Crippen LogP contribution in [0.2, 0.25) is 0 Å². The fraction of sp³-hybridized carbons (Fsp3) is 0.174. The Morgan fingerprint density at radius 1 is 0.720 bits per heavy atom. The summed E-state index contributed by atoms with van der Waals surface area (Å²) in [7, 11) is 1.67. The zero-order valence-corrected chi connectivity index (χ0v) is 14.1. The summed E-state index contributed by atoms with van der Waals surface area (Å²) >= 11 is 0. The first-order valence-electron chi connectivity index (χ1n) is 8.58. The van der Waals surface area contributed by atoms with E-state index >= 15 is 0 Å². The molecule has 3 atom stereocenters. The molecule has 1 saturated carbocycles. The number of ether oxygens (including phenoxy) is 1. The molecule has 0 N–H and O–H groups in total. The molecule has 0 saturated heterocycles. The van der Waals surface area contributed by atoms with Gasteiger partial charge in [-0.25, -0.2) is 0 Å². The van der Waals surface area contributed by atoms with E-state index in [4.69, 9.17) is 4.74 Å². The normalized spacial score (nSPS) is 21.6. The molecule has 3 aromatic rings. The highest BCUT2D eigenvalue weighted by molar-refractivity contribution is 6.01. The van der Waals surface area contributed by atoms with Gasteiger partial charge < -0.3 is 4.74 Å². The van der Waals surface area contributed by atoms with Crippen molar-refractivity contribution in [1.82, 2.24) is 0 Å². The van der Waals surface area contributed by atoms with Crippen LogP contribution >= 0.6 is 0 Å². The molecule has 4 rings (SSSR count). The van der Waals surface area contributed by atoms with E-state index in [1.54, 1.807) is 7.11 Å². The molecule has 0 bridgehead atoms. The Hall–Kier alpha value is -2.87. The number of carbonyl (C=O) groups excluding carboxylic acids is 1. The van der Waals surface area contributed by atoms with Gasteiger partial charge in [0.15, 0.2) is 5.78 Å². The fourth-order valence-electron chi connectivity index (χ4n) is 3.76. The van der Waals surface area contributed by atoms with Crippen molar-refractivity contribution in [1.29, 1.82) is 0 Å². The van der Waals surface area contributed by atoms with Gasteiger partial charge in [0, 0.05) is 23.3 Å². The highest BCUT2D eigenvalue weighted by atomic mass is 16.5. The molecule has 1 fully saturated rings. The van der Waals surface area contributed by atoms with Gasteiger partial charge in [-0.1, -0.05) is 72.8 Å². The largest absolute Gasteiger partial charge is 0.497 e. The molecule has 0 amide bonds. The van der Waals surface area contributed by atoms with Gasteiger partial charge in [0.1, 0.15) is 5.75 Å². The van der Waals surface area contributed by atoms with Gasteiger partial charge in [-0.2, -0.15) is 0 Å². The Morgan fingerprint density at radius 2 is 1.24 bits per heavy atom. The molecule has 0 spiro atoms. The predicted octanol–water partition coefficient (Wildman–Crippen LogP) is 5.08. The van der Waals surface area contributed by atoms with Gasteiger partial charge in [-0.05, 0) is 23.3 Å². The van der Waals surface area contributed by atoms with Gasteiger partial charge in [0.05, 0.1) is 7.11 Å². The Balaban J connectivity index is 1.68. The monoisotopic (exact) mass is 328 g/mol. The lowest BCUT2D eigenvalue weighted by molar-refractivity contribution is 0.0963. The maximum absolute atomic E-state index is 13.1. The van der Waals surface area contributed by atoms with Crippen molar-refractivity contribution < 1.29 is 9.53 Å². The number of hydrogen-bond acceptors (Lipinski definition) is 2. The van der Waals surface area contributed by atoms with Gasteiger partial charge in [0.2, 0.25) is 0 Å². The minimum Gasteiger partial charge on any atom is -0.497 e. The third kappa shape index (κ3) is 2.96. The number of hydrogen-bond donors (Lipinski definition) is 0. The van der Waals surface area contributed by atoms with Gasteiger partial charge in [-0.15, -0.1) is 0 Å². The smallest absolute Gasteiger partial charge is 0.167 e. The van der Waals surface area contributed by atoms with E-state index in [1.165, 1.54) is 11.1 Å². The predicted molar refractivity (Wildman–Crippen MR) is 99.2 cm³/mol. The summed E-state index contributed by atoms with van der Waals surface area (Å²) < 4.78 is 5.26. The fourth-order valence-corrected chi connectivity index (χ4v) is 3.76. The van der Waals surface area contributed by atoms with Crippen LogP contribution in [0.25, 0.3) is 0 Å². The van der Waals surface area contributed by atoms with Gasteiger partial charge in [0.25, 0.3) is 0 Å². The second kappa shape index (κ2) is 6.56. The summed E-state index contributed by atoms with van der Waals surface area (Å²) in [4.78, 5) is 13.1. The highest BCUT2D eigenvalue weighted by Gasteiger charge is 2.55. The molecule has 0 aromatic heterocycles. The molecule has 3 aromatic carbocycles. The van der Waals surface area contributed by atoms with Crippen molar-refractivity contribution in [2.45, 2.75) is 11.8 Å². The first-order valence-corrected chi connectivity index (χ1v) is 8.58. The molecule has 1 aliphatic carbocycles. The highest BCUT2D eigenvalue weighted by Crippen LogP contribution is 2.61. The quantitative estimate of drug-likeness (QED) is 0.611. The lowest BCUT2D eigenvalue weighted by Crippen LogP contribution is -2.03. The van der Waals surface area contributed by atoms with Crippen LogP contribution in [0.5, 0.6) is 5.75 Å². The maximum atomic E-state index is 13.1. The molecule has 2 nitrogen and oxygen atoms in total. The van der Waals surface area contributed by atoms with Crippen LogP contribution in [0, 0.1) is 5.92 Å². The number of ketones is 1. The van der Waals surface area contributed by atoms with Crippen molar-refractivity contribution in [2.75, 3.05) is 7.11 Å². The van der Waals surface area contributed by atoms with Crippen molar-refractivity contribution in [3.8, 4) is 5.75 Å². The first-order chi connectivity index (χ1) is 12.3. The molecule has 1 aliphatic rings. The van der Waals surface area contributed by atoms with Crippen LogP contribution in [0.1, 0.15) is 33.3 Å². The Labute approximate surface area is 148 Å². The number of methoxy groups -OCH3 is 1. The number of carbonyl (C=O) groups is 1. The third-order valence-corrected chi connectivity index (χ3v) is 5.07. The average molecular weight is 328 g/mol. The molecule has 0 aliphatic heterocycles. The lowest BCUT2D eigenvalue weighted by atomic mass is 10.0. The summed E-state index contributed by atoms with van der Waals surface area (Å²) in [6, 6.07) is 28.1. The van der Waals surface area contributed by atoms with Crippen LogP contribution in [0.4, 0.5) is 0 Å². The Kier molecular flexibility index (Phi) is 4.10. The van der Waals surface area contributed by atoms with Crippen molar-refractivity contribution >= 4 is 5.78 Å². The molecule has 0 heterocycles. The molecule has 124 valence electrons. The summed E-state index contributed by atoms with van der Waals surface area (Å²) in [6.45, 7) is 0. The van der Waals surface area contributed by atoms with E-state index in [0.717, 1.165) is 11.3 Å². The average Bonchev–Trinajstić information content (AvgIpc) is 3.44. The summed E-state index contributed by atoms with van der Waals surface area (Å²) in [5.41, 5.74) is 3.23. The molecule has 0 unspecified atom stereocenters. The molecular weight excluding hydrogens is 308 g/mol. The van der Waals surface area contributed by atoms with Crippen LogP contribution < -0.4 is 4.74 Å². The molecule has 0 radical (unpaired) electrons. The van der Waals surface area contributed by atoms with Crippen LogP contribution in [0.3, 0.4) is 0 Å². The summed E-state index contributed by atoms with van der Waals surface area (Å²) in [5, 5.41) is 0. The number of rotatable bonds is 5. The second-order valence-electron chi connectivity index (χ2n) is 6.49. The third-order valence-electron chi connectivity index (χ3n) is 5.07. The minimum absolute atomic E-state index is 0.00167. The first kappa shape index (κ1) is 15.6. The van der Waals surface area contributed by atoms with E-state index in [9.17, 15) is 4.79 Å². The topological polar surface area (TPSA) is 26.3 Å². The molecule has 25 heavy (non-hydrogen) atoms. The van der Waals surface area contributed by atoms with Crippen LogP contribution in [-0.4, -0.2) is 12.9 Å². The number of Topliss-reactive ketones (excluding diaryl/α,β-unsaturated/α-hetero) is 1. The molecular formula is C23H20O2. The summed E-state index contributed by atoms with van der Waals surface area (Å²) in [6.07, 6.45) is 0. The van der Waals surface area contributed by atoms with E-state index < -0.39 is 0 Å².